The van der Waals surface area contributed by atoms with Crippen LogP contribution in [0.4, 0.5) is 5.82 Å². The van der Waals surface area contributed by atoms with Gasteiger partial charge in [0.1, 0.15) is 10.8 Å². The second-order valence-electron chi connectivity index (χ2n) is 6.76. The monoisotopic (exact) mass is 422 g/mol. The van der Waals surface area contributed by atoms with Crippen molar-refractivity contribution >= 4 is 23.4 Å². The minimum absolute atomic E-state index is 0.0133. The Morgan fingerprint density at radius 1 is 1.07 bits per heavy atom. The number of ketones is 1. The molecular formula is C23H26N4O2S. The molecule has 0 fully saturated rings. The van der Waals surface area contributed by atoms with Crippen molar-refractivity contribution in [2.45, 2.75) is 31.2 Å². The second kappa shape index (κ2) is 10.8. The third-order valence-corrected chi connectivity index (χ3v) is 5.44. The van der Waals surface area contributed by atoms with Gasteiger partial charge in [-0.2, -0.15) is 0 Å². The Balaban J connectivity index is 1.89. The Morgan fingerprint density at radius 2 is 1.77 bits per heavy atom. The molecule has 3 aromatic rings. The smallest absolute Gasteiger partial charge is 0.169 e. The molecule has 0 unspecified atom stereocenters. The number of anilines is 1. The SMILES string of the molecule is CCc1ccc(CCC(=O)c2c(NCCO)nc(-c3ccncc3)nc2SC)cc1. The van der Waals surface area contributed by atoms with Gasteiger partial charge in [-0.15, -0.1) is 11.8 Å². The number of Topliss-reactive ketones (excluding diaryl/α,β-unsaturated/α-hetero) is 1. The van der Waals surface area contributed by atoms with Crippen LogP contribution in [0.2, 0.25) is 0 Å². The maximum absolute atomic E-state index is 13.1. The number of thioether (sulfide) groups is 1. The van der Waals surface area contributed by atoms with Crippen molar-refractivity contribution in [1.82, 2.24) is 15.0 Å². The van der Waals surface area contributed by atoms with Gasteiger partial charge in [-0.05, 0) is 42.4 Å². The Labute approximate surface area is 181 Å². The summed E-state index contributed by atoms with van der Waals surface area (Å²) in [4.78, 5) is 26.4. The molecule has 0 bridgehead atoms. The second-order valence-corrected chi connectivity index (χ2v) is 7.55. The third-order valence-electron chi connectivity index (χ3n) is 4.76. The van der Waals surface area contributed by atoms with Gasteiger partial charge >= 0.3 is 0 Å². The molecular weight excluding hydrogens is 396 g/mol. The molecule has 6 nitrogen and oxygen atoms in total. The van der Waals surface area contributed by atoms with E-state index >= 15 is 0 Å². The zero-order valence-electron chi connectivity index (χ0n) is 17.3. The minimum atomic E-state index is -0.0550. The van der Waals surface area contributed by atoms with Crippen molar-refractivity contribution in [2.75, 3.05) is 24.7 Å². The average Bonchev–Trinajstić information content (AvgIpc) is 2.81. The third kappa shape index (κ3) is 5.43. The van der Waals surface area contributed by atoms with Gasteiger partial charge in [0, 0.05) is 30.9 Å². The van der Waals surface area contributed by atoms with Gasteiger partial charge in [0.05, 0.1) is 12.2 Å². The summed E-state index contributed by atoms with van der Waals surface area (Å²) in [6.45, 7) is 2.37. The molecule has 7 heteroatoms. The number of aryl methyl sites for hydroxylation is 2. The number of aliphatic hydroxyl groups excluding tert-OH is 1. The molecule has 30 heavy (non-hydrogen) atoms. The molecule has 0 radical (unpaired) electrons. The predicted molar refractivity (Wildman–Crippen MR) is 121 cm³/mol. The highest BCUT2D eigenvalue weighted by atomic mass is 32.2. The first kappa shape index (κ1) is 21.9. The van der Waals surface area contributed by atoms with Gasteiger partial charge < -0.3 is 10.4 Å². The lowest BCUT2D eigenvalue weighted by molar-refractivity contribution is 0.0979. The number of carbonyl (C=O) groups excluding carboxylic acids is 1. The molecule has 0 spiro atoms. The molecule has 0 saturated carbocycles. The van der Waals surface area contributed by atoms with Crippen molar-refractivity contribution < 1.29 is 9.90 Å². The van der Waals surface area contributed by atoms with Gasteiger partial charge in [-0.3, -0.25) is 9.78 Å². The molecule has 0 atom stereocenters. The van der Waals surface area contributed by atoms with Crippen LogP contribution in [0.1, 0.15) is 34.8 Å². The van der Waals surface area contributed by atoms with E-state index in [0.29, 0.717) is 41.6 Å². The Hall–Kier alpha value is -2.77. The summed E-state index contributed by atoms with van der Waals surface area (Å²) in [5, 5.41) is 13.0. The van der Waals surface area contributed by atoms with Gasteiger partial charge in [0.2, 0.25) is 0 Å². The number of hydrogen-bond donors (Lipinski definition) is 2. The largest absolute Gasteiger partial charge is 0.395 e. The first-order valence-electron chi connectivity index (χ1n) is 9.98. The number of carbonyl (C=O) groups is 1. The number of pyridine rings is 1. The first-order valence-corrected chi connectivity index (χ1v) is 11.2. The van der Waals surface area contributed by atoms with Crippen LogP contribution in [-0.4, -0.2) is 45.2 Å². The zero-order valence-corrected chi connectivity index (χ0v) is 18.1. The van der Waals surface area contributed by atoms with Crippen molar-refractivity contribution in [3.8, 4) is 11.4 Å². The summed E-state index contributed by atoms with van der Waals surface area (Å²) >= 11 is 1.42. The number of rotatable bonds is 10. The molecule has 2 N–H and O–H groups in total. The number of benzene rings is 1. The highest BCUT2D eigenvalue weighted by molar-refractivity contribution is 7.98. The van der Waals surface area contributed by atoms with Crippen molar-refractivity contribution in [3.63, 3.8) is 0 Å². The summed E-state index contributed by atoms with van der Waals surface area (Å²) in [7, 11) is 0. The van der Waals surface area contributed by atoms with E-state index in [9.17, 15) is 9.90 Å². The molecule has 2 aromatic heterocycles. The zero-order chi connectivity index (χ0) is 21.3. The van der Waals surface area contributed by atoms with E-state index in [4.69, 9.17) is 0 Å². The quantitative estimate of drug-likeness (QED) is 0.290. The fourth-order valence-corrected chi connectivity index (χ4v) is 3.69. The fourth-order valence-electron chi connectivity index (χ4n) is 3.10. The van der Waals surface area contributed by atoms with E-state index in [1.807, 2.05) is 18.4 Å². The van der Waals surface area contributed by atoms with Crippen LogP contribution in [0.3, 0.4) is 0 Å². The van der Waals surface area contributed by atoms with E-state index in [1.165, 1.54) is 17.3 Å². The maximum atomic E-state index is 13.1. The number of aromatic nitrogens is 3. The van der Waals surface area contributed by atoms with Gasteiger partial charge in [-0.25, -0.2) is 9.97 Å². The molecule has 0 aliphatic heterocycles. The average molecular weight is 423 g/mol. The lowest BCUT2D eigenvalue weighted by Crippen LogP contribution is -2.15. The van der Waals surface area contributed by atoms with E-state index in [-0.39, 0.29) is 12.4 Å². The summed E-state index contributed by atoms with van der Waals surface area (Å²) in [5.41, 5.74) is 3.72. The Morgan fingerprint density at radius 3 is 2.40 bits per heavy atom. The molecule has 2 heterocycles. The normalized spacial score (nSPS) is 10.8. The predicted octanol–water partition coefficient (Wildman–Crippen LogP) is 4.04. The Bertz CT molecular complexity index is 978. The van der Waals surface area contributed by atoms with Crippen LogP contribution >= 0.6 is 11.8 Å². The number of aliphatic hydroxyl groups is 1. The van der Waals surface area contributed by atoms with Gasteiger partial charge in [-0.1, -0.05) is 31.2 Å². The Kier molecular flexibility index (Phi) is 7.93. The van der Waals surface area contributed by atoms with E-state index in [1.54, 1.807) is 12.4 Å². The number of nitrogens with one attached hydrogen (secondary N) is 1. The van der Waals surface area contributed by atoms with Gasteiger partial charge in [0.15, 0.2) is 11.6 Å². The molecule has 0 aliphatic carbocycles. The van der Waals surface area contributed by atoms with Crippen LogP contribution in [0, 0.1) is 0 Å². The highest BCUT2D eigenvalue weighted by Crippen LogP contribution is 2.29. The van der Waals surface area contributed by atoms with Crippen LogP contribution < -0.4 is 5.32 Å². The summed E-state index contributed by atoms with van der Waals surface area (Å²) < 4.78 is 0. The topological polar surface area (TPSA) is 88.0 Å². The number of hydrogen-bond acceptors (Lipinski definition) is 7. The molecule has 3 rings (SSSR count). The lowest BCUT2D eigenvalue weighted by Gasteiger charge is -2.15. The molecule has 1 aromatic carbocycles. The van der Waals surface area contributed by atoms with Crippen LogP contribution in [0.15, 0.2) is 53.8 Å². The minimum Gasteiger partial charge on any atom is -0.395 e. The first-order chi connectivity index (χ1) is 14.7. The fraction of sp³-hybridized carbons (Fsp3) is 0.304. The molecule has 0 aliphatic rings. The van der Waals surface area contributed by atoms with Crippen molar-refractivity contribution in [2.24, 2.45) is 0 Å². The van der Waals surface area contributed by atoms with Gasteiger partial charge in [0.25, 0.3) is 0 Å². The lowest BCUT2D eigenvalue weighted by atomic mass is 10.0. The van der Waals surface area contributed by atoms with Crippen LogP contribution in [0.25, 0.3) is 11.4 Å². The molecule has 156 valence electrons. The summed E-state index contributed by atoms with van der Waals surface area (Å²) in [6, 6.07) is 12.0. The summed E-state index contributed by atoms with van der Waals surface area (Å²) in [5.74, 6) is 0.969. The van der Waals surface area contributed by atoms with Crippen molar-refractivity contribution in [3.05, 3.63) is 65.5 Å². The number of nitrogens with zero attached hydrogens (tertiary/aromatic N) is 3. The summed E-state index contributed by atoms with van der Waals surface area (Å²) in [6.07, 6.45) is 7.28. The van der Waals surface area contributed by atoms with Crippen LogP contribution in [0.5, 0.6) is 0 Å². The van der Waals surface area contributed by atoms with Crippen molar-refractivity contribution in [1.29, 1.82) is 0 Å². The maximum Gasteiger partial charge on any atom is 0.169 e. The van der Waals surface area contributed by atoms with Crippen LogP contribution in [-0.2, 0) is 12.8 Å². The standard InChI is InChI=1S/C23H26N4O2S/c1-3-16-4-6-17(7-5-16)8-9-19(29)20-22(25-14-15-28)26-21(27-23(20)30-2)18-10-12-24-13-11-18/h4-7,10-13,28H,3,8-9,14-15H2,1-2H3,(H,25,26,27). The highest BCUT2D eigenvalue weighted by Gasteiger charge is 2.21. The molecule has 0 amide bonds. The molecule has 0 saturated heterocycles. The van der Waals surface area contributed by atoms with E-state index < -0.39 is 0 Å². The van der Waals surface area contributed by atoms with E-state index in [0.717, 1.165) is 17.5 Å². The van der Waals surface area contributed by atoms with E-state index in [2.05, 4.69) is 51.5 Å².